The number of hydrogen-bond acceptors (Lipinski definition) is 6. The van der Waals surface area contributed by atoms with Gasteiger partial charge in [0.25, 0.3) is 5.91 Å². The van der Waals surface area contributed by atoms with Gasteiger partial charge in [-0.2, -0.15) is 0 Å². The summed E-state index contributed by atoms with van der Waals surface area (Å²) in [6, 6.07) is 2.27. The Kier molecular flexibility index (Phi) is 8.31. The van der Waals surface area contributed by atoms with Crippen molar-refractivity contribution in [3.63, 3.8) is 0 Å². The van der Waals surface area contributed by atoms with Crippen molar-refractivity contribution in [2.24, 2.45) is 5.73 Å². The van der Waals surface area contributed by atoms with Crippen LogP contribution in [0.15, 0.2) is 18.2 Å². The zero-order valence-corrected chi connectivity index (χ0v) is 21.5. The summed E-state index contributed by atoms with van der Waals surface area (Å²) in [5.41, 5.74) is 6.11. The first-order valence-corrected chi connectivity index (χ1v) is 12.9. The first-order valence-electron chi connectivity index (χ1n) is 12.9. The fraction of sp³-hybridized carbons (Fsp3) is 0.615. The Morgan fingerprint density at radius 3 is 2.51 bits per heavy atom. The number of likely N-dealkylation sites (N-methyl/N-ethyl adjacent to an activating group) is 1. The molecule has 0 radical (unpaired) electrons. The summed E-state index contributed by atoms with van der Waals surface area (Å²) in [7, 11) is 3.13. The Morgan fingerprint density at radius 1 is 1.05 bits per heavy atom. The maximum absolute atomic E-state index is 14.3. The molecule has 1 aromatic carbocycles. The summed E-state index contributed by atoms with van der Waals surface area (Å²) in [4.78, 5) is 59.0. The van der Waals surface area contributed by atoms with Crippen LogP contribution in [0.3, 0.4) is 0 Å². The number of amides is 4. The predicted molar refractivity (Wildman–Crippen MR) is 133 cm³/mol. The lowest BCUT2D eigenvalue weighted by Gasteiger charge is -2.32. The van der Waals surface area contributed by atoms with Gasteiger partial charge in [0.15, 0.2) is 0 Å². The van der Waals surface area contributed by atoms with E-state index >= 15 is 0 Å². The maximum atomic E-state index is 14.3. The van der Waals surface area contributed by atoms with Crippen LogP contribution in [0.2, 0.25) is 0 Å². The summed E-state index contributed by atoms with van der Waals surface area (Å²) in [6.07, 6.45) is 2.57. The molecule has 202 valence electrons. The van der Waals surface area contributed by atoms with Gasteiger partial charge in [0, 0.05) is 59.2 Å². The number of nitrogens with two attached hydrogens (primary N) is 1. The normalized spacial score (nSPS) is 26.3. The first kappa shape index (κ1) is 26.8. The summed E-state index contributed by atoms with van der Waals surface area (Å²) in [5, 5.41) is 0. The van der Waals surface area contributed by atoms with Gasteiger partial charge < -0.3 is 30.1 Å². The number of halogens is 1. The predicted octanol–water partition coefficient (Wildman–Crippen LogP) is 0.838. The highest BCUT2D eigenvalue weighted by Crippen LogP contribution is 2.26. The van der Waals surface area contributed by atoms with Crippen LogP contribution in [0, 0.1) is 5.82 Å². The van der Waals surface area contributed by atoms with Crippen LogP contribution in [-0.2, 0) is 14.4 Å². The molecule has 1 aromatic rings. The minimum absolute atomic E-state index is 0.0163. The van der Waals surface area contributed by atoms with Gasteiger partial charge in [-0.3, -0.25) is 19.2 Å². The molecule has 37 heavy (non-hydrogen) atoms. The smallest absolute Gasteiger partial charge is 0.258 e. The molecule has 0 unspecified atom stereocenters. The molecule has 0 saturated carbocycles. The molecule has 0 bridgehead atoms. The number of rotatable bonds is 1. The highest BCUT2D eigenvalue weighted by molar-refractivity contribution is 5.99. The molecule has 2 saturated heterocycles. The Morgan fingerprint density at radius 2 is 1.78 bits per heavy atom. The van der Waals surface area contributed by atoms with E-state index in [4.69, 9.17) is 10.5 Å². The standard InChI is InChI=1S/C26H36FN5O5/c1-29-12-9-24(34)32-15-18(28)14-19(32)16-37-22-7-5-17(27)13-20(22)25(35)30(2)21(6-8-23(29)33)26(36)31-10-3-4-11-31/h5,7,13,18-19,21H,3-4,6,8-12,14-16,28H2,1-2H3/t18-,19+,21+/m1/s1. The number of ether oxygens (including phenoxy) is 1. The Hall–Kier alpha value is -3.21. The molecular formula is C26H36FN5O5. The molecule has 3 atom stereocenters. The first-order chi connectivity index (χ1) is 17.7. The lowest BCUT2D eigenvalue weighted by atomic mass is 10.1. The van der Waals surface area contributed by atoms with E-state index in [-0.39, 0.29) is 73.5 Å². The Bertz CT molecular complexity index is 1050. The van der Waals surface area contributed by atoms with E-state index in [1.54, 1.807) is 16.8 Å². The van der Waals surface area contributed by atoms with Gasteiger partial charge in [-0.25, -0.2) is 4.39 Å². The average Bonchev–Trinajstić information content (AvgIpc) is 3.55. The van der Waals surface area contributed by atoms with Crippen molar-refractivity contribution in [2.45, 2.75) is 56.7 Å². The van der Waals surface area contributed by atoms with Gasteiger partial charge >= 0.3 is 0 Å². The third-order valence-corrected chi connectivity index (χ3v) is 7.58. The number of carbonyl (C=O) groups is 4. The number of carbonyl (C=O) groups excluding carboxylic acids is 4. The lowest BCUT2D eigenvalue weighted by molar-refractivity contribution is -0.136. The summed E-state index contributed by atoms with van der Waals surface area (Å²) in [5.74, 6) is -1.60. The van der Waals surface area contributed by atoms with Crippen molar-refractivity contribution in [3.05, 3.63) is 29.6 Å². The van der Waals surface area contributed by atoms with E-state index in [2.05, 4.69) is 0 Å². The molecule has 2 N–H and O–H groups in total. The van der Waals surface area contributed by atoms with Crippen LogP contribution in [-0.4, -0.2) is 108 Å². The number of fused-ring (bicyclic) bond motifs is 2. The Labute approximate surface area is 216 Å². The Balaban J connectivity index is 1.67. The average molecular weight is 518 g/mol. The summed E-state index contributed by atoms with van der Waals surface area (Å²) < 4.78 is 20.2. The molecule has 3 aliphatic rings. The fourth-order valence-electron chi connectivity index (χ4n) is 5.34. The fourth-order valence-corrected chi connectivity index (χ4v) is 5.34. The number of hydrogen-bond donors (Lipinski definition) is 1. The van der Waals surface area contributed by atoms with E-state index in [0.29, 0.717) is 26.1 Å². The monoisotopic (exact) mass is 517 g/mol. The highest BCUT2D eigenvalue weighted by Gasteiger charge is 2.36. The molecule has 11 heteroatoms. The number of benzene rings is 1. The van der Waals surface area contributed by atoms with E-state index in [0.717, 1.165) is 18.9 Å². The molecule has 10 nitrogen and oxygen atoms in total. The van der Waals surface area contributed by atoms with Crippen molar-refractivity contribution >= 4 is 23.6 Å². The molecule has 4 amide bonds. The lowest BCUT2D eigenvalue weighted by Crippen LogP contribution is -2.49. The van der Waals surface area contributed by atoms with Crippen molar-refractivity contribution < 1.29 is 28.3 Å². The van der Waals surface area contributed by atoms with Crippen LogP contribution < -0.4 is 10.5 Å². The van der Waals surface area contributed by atoms with Gasteiger partial charge in [-0.15, -0.1) is 0 Å². The van der Waals surface area contributed by atoms with E-state index in [1.165, 1.54) is 29.0 Å². The van der Waals surface area contributed by atoms with Crippen molar-refractivity contribution in [1.82, 2.24) is 19.6 Å². The molecule has 4 rings (SSSR count). The van der Waals surface area contributed by atoms with E-state index in [9.17, 15) is 23.6 Å². The topological polar surface area (TPSA) is 116 Å². The largest absolute Gasteiger partial charge is 0.491 e. The zero-order valence-electron chi connectivity index (χ0n) is 21.5. The minimum atomic E-state index is -0.892. The van der Waals surface area contributed by atoms with Crippen LogP contribution in [0.5, 0.6) is 5.75 Å². The van der Waals surface area contributed by atoms with Crippen LogP contribution in [0.25, 0.3) is 0 Å². The van der Waals surface area contributed by atoms with Crippen molar-refractivity contribution in [1.29, 1.82) is 0 Å². The van der Waals surface area contributed by atoms with E-state index in [1.807, 2.05) is 0 Å². The molecule has 3 aliphatic heterocycles. The van der Waals surface area contributed by atoms with Crippen LogP contribution in [0.1, 0.15) is 48.9 Å². The van der Waals surface area contributed by atoms with E-state index < -0.39 is 17.8 Å². The minimum Gasteiger partial charge on any atom is -0.491 e. The van der Waals surface area contributed by atoms with Gasteiger partial charge in [-0.1, -0.05) is 0 Å². The third kappa shape index (κ3) is 6.03. The molecule has 3 heterocycles. The van der Waals surface area contributed by atoms with Gasteiger partial charge in [0.1, 0.15) is 24.2 Å². The zero-order chi connectivity index (χ0) is 26.7. The molecule has 0 aliphatic carbocycles. The molecular weight excluding hydrogens is 481 g/mol. The molecule has 2 fully saturated rings. The summed E-state index contributed by atoms with van der Waals surface area (Å²) in [6.45, 7) is 1.89. The van der Waals surface area contributed by atoms with Gasteiger partial charge in [-0.05, 0) is 43.9 Å². The van der Waals surface area contributed by atoms with Gasteiger partial charge in [0.05, 0.1) is 11.6 Å². The SMILES string of the molecule is CN1CCC(=O)N2C[C@H](N)C[C@H]2COc2ccc(F)cc2C(=O)N(C)[C@H](C(=O)N2CCCC2)CCC1=O. The van der Waals surface area contributed by atoms with Crippen molar-refractivity contribution in [2.75, 3.05) is 46.9 Å². The second-order valence-corrected chi connectivity index (χ2v) is 10.2. The quantitative estimate of drug-likeness (QED) is 0.590. The molecule has 0 spiro atoms. The number of likely N-dealkylation sites (tertiary alicyclic amines) is 1. The second kappa shape index (κ2) is 11.5. The van der Waals surface area contributed by atoms with Crippen molar-refractivity contribution in [3.8, 4) is 5.75 Å². The maximum Gasteiger partial charge on any atom is 0.258 e. The van der Waals surface area contributed by atoms with Crippen LogP contribution >= 0.6 is 0 Å². The van der Waals surface area contributed by atoms with Crippen LogP contribution in [0.4, 0.5) is 4.39 Å². The summed E-state index contributed by atoms with van der Waals surface area (Å²) >= 11 is 0. The number of nitrogens with zero attached hydrogens (tertiary/aromatic N) is 4. The second-order valence-electron chi connectivity index (χ2n) is 10.2. The highest BCUT2D eigenvalue weighted by atomic mass is 19.1. The van der Waals surface area contributed by atoms with Gasteiger partial charge in [0.2, 0.25) is 17.7 Å². The molecule has 0 aromatic heterocycles. The third-order valence-electron chi connectivity index (χ3n) is 7.58.